The summed E-state index contributed by atoms with van der Waals surface area (Å²) in [5.74, 6) is 0. The fraction of sp³-hybridized carbons (Fsp3) is 0. The van der Waals surface area contributed by atoms with E-state index < -0.39 is 10.0 Å². The molecule has 72 valence electrons. The summed E-state index contributed by atoms with van der Waals surface area (Å²) in [5.41, 5.74) is 1.18. The molecule has 0 unspecified atom stereocenters. The molecule has 1 heterocycles. The van der Waals surface area contributed by atoms with Gasteiger partial charge in [-0.05, 0) is 18.2 Å². The number of aromatic amines is 1. The normalized spacial score (nSPS) is 11.7. The second-order valence-corrected chi connectivity index (χ2v) is 4.20. The van der Waals surface area contributed by atoms with Gasteiger partial charge in [-0.15, -0.1) is 4.91 Å². The van der Waals surface area contributed by atoms with Gasteiger partial charge in [-0.2, -0.15) is 8.42 Å². The molecule has 0 radical (unpaired) electrons. The average Bonchev–Trinajstić information content (AvgIpc) is 2.64. The molecule has 0 aliphatic rings. The van der Waals surface area contributed by atoms with Crippen LogP contribution in [0.1, 0.15) is 0 Å². The molecule has 7 heteroatoms. The van der Waals surface area contributed by atoms with Crippen molar-refractivity contribution < 1.29 is 8.42 Å². The molecule has 0 amide bonds. The zero-order valence-electron chi connectivity index (χ0n) is 6.84. The lowest BCUT2D eigenvalue weighted by atomic mass is 10.3. The van der Waals surface area contributed by atoms with Crippen LogP contribution in [-0.4, -0.2) is 18.4 Å². The Morgan fingerprint density at radius 2 is 2.14 bits per heavy atom. The van der Waals surface area contributed by atoms with Gasteiger partial charge in [0.15, 0.2) is 0 Å². The topological polar surface area (TPSA) is 92.2 Å². The number of H-pyrrole nitrogens is 1. The molecule has 0 saturated carbocycles. The lowest BCUT2D eigenvalue weighted by molar-refractivity contribution is 0.597. The summed E-state index contributed by atoms with van der Waals surface area (Å²) in [4.78, 5) is 16.6. The summed E-state index contributed by atoms with van der Waals surface area (Å²) in [5, 5.41) is 0. The quantitative estimate of drug-likeness (QED) is 0.750. The number of rotatable bonds is 2. The third kappa shape index (κ3) is 1.27. The van der Waals surface area contributed by atoms with Gasteiger partial charge in [0.1, 0.15) is 0 Å². The van der Waals surface area contributed by atoms with Crippen molar-refractivity contribution in [3.8, 4) is 0 Å². The lowest BCUT2D eigenvalue weighted by Gasteiger charge is -1.94. The van der Waals surface area contributed by atoms with E-state index in [9.17, 15) is 13.3 Å². The molecule has 2 aromatic rings. The average molecular weight is 211 g/mol. The van der Waals surface area contributed by atoms with E-state index in [4.69, 9.17) is 0 Å². The maximum atomic E-state index is 11.0. The second kappa shape index (κ2) is 2.88. The van der Waals surface area contributed by atoms with Crippen molar-refractivity contribution in [1.82, 2.24) is 9.97 Å². The summed E-state index contributed by atoms with van der Waals surface area (Å²) in [7, 11) is -4.05. The summed E-state index contributed by atoms with van der Waals surface area (Å²) < 4.78 is 24.2. The van der Waals surface area contributed by atoms with Gasteiger partial charge in [0.05, 0.1) is 26.8 Å². The fourth-order valence-corrected chi connectivity index (χ4v) is 1.70. The first kappa shape index (κ1) is 8.82. The predicted molar refractivity (Wildman–Crippen MR) is 49.1 cm³/mol. The molecule has 1 aromatic heterocycles. The van der Waals surface area contributed by atoms with E-state index in [-0.39, 0.29) is 4.90 Å². The minimum Gasteiger partial charge on any atom is -0.345 e. The van der Waals surface area contributed by atoms with E-state index >= 15 is 0 Å². The van der Waals surface area contributed by atoms with Crippen LogP contribution in [0.4, 0.5) is 0 Å². The molecular formula is C7H5N3O3S. The first-order chi connectivity index (χ1) is 6.63. The number of nitrogens with zero attached hydrogens (tertiary/aromatic N) is 2. The largest absolute Gasteiger partial charge is 0.345 e. The van der Waals surface area contributed by atoms with Gasteiger partial charge in [0.2, 0.25) is 0 Å². The zero-order chi connectivity index (χ0) is 10.2. The molecule has 0 fully saturated rings. The van der Waals surface area contributed by atoms with E-state index in [1.807, 2.05) is 0 Å². The first-order valence-electron chi connectivity index (χ1n) is 3.66. The van der Waals surface area contributed by atoms with Gasteiger partial charge in [-0.3, -0.25) is 0 Å². The van der Waals surface area contributed by atoms with E-state index in [1.165, 1.54) is 24.5 Å². The standard InChI is InChI=1S/C7H5N3O3S/c11-10-14(12,13)5-1-2-6-7(3-5)9-4-8-6/h1-4H,(H,8,9). The third-order valence-corrected chi connectivity index (χ3v) is 2.83. The van der Waals surface area contributed by atoms with Crippen LogP contribution in [0, 0.1) is 4.91 Å². The highest BCUT2D eigenvalue weighted by molar-refractivity contribution is 7.90. The number of sulfonamides is 1. The van der Waals surface area contributed by atoms with Gasteiger partial charge < -0.3 is 4.98 Å². The van der Waals surface area contributed by atoms with Crippen LogP contribution in [0.3, 0.4) is 0 Å². The molecule has 0 spiro atoms. The Labute approximate surface area is 79.0 Å². The highest BCUT2D eigenvalue weighted by Crippen LogP contribution is 2.17. The SMILES string of the molecule is O=NS(=O)(=O)c1ccc2[nH]cnc2c1. The van der Waals surface area contributed by atoms with Gasteiger partial charge in [0.25, 0.3) is 0 Å². The van der Waals surface area contributed by atoms with Gasteiger partial charge in [-0.1, -0.05) is 0 Å². The van der Waals surface area contributed by atoms with Crippen LogP contribution >= 0.6 is 0 Å². The van der Waals surface area contributed by atoms with Gasteiger partial charge in [-0.25, -0.2) is 4.98 Å². The number of nitrogens with one attached hydrogen (secondary N) is 1. The predicted octanol–water partition coefficient (Wildman–Crippen LogP) is 1.02. The molecular weight excluding hydrogens is 206 g/mol. The molecule has 0 saturated heterocycles. The fourth-order valence-electron chi connectivity index (χ4n) is 1.12. The highest BCUT2D eigenvalue weighted by atomic mass is 32.2. The molecule has 0 aliphatic carbocycles. The van der Waals surface area contributed by atoms with Crippen LogP contribution in [0.2, 0.25) is 0 Å². The molecule has 1 N–H and O–H groups in total. The Kier molecular flexibility index (Phi) is 1.81. The van der Waals surface area contributed by atoms with Crippen molar-refractivity contribution in [2.75, 3.05) is 0 Å². The van der Waals surface area contributed by atoms with Crippen molar-refractivity contribution in [3.05, 3.63) is 29.4 Å². The van der Waals surface area contributed by atoms with Crippen molar-refractivity contribution >= 4 is 21.1 Å². The Balaban J connectivity index is 2.71. The summed E-state index contributed by atoms with van der Waals surface area (Å²) in [6.07, 6.45) is 1.44. The minimum atomic E-state index is -4.05. The minimum absolute atomic E-state index is 0.146. The van der Waals surface area contributed by atoms with E-state index in [1.54, 1.807) is 0 Å². The smallest absolute Gasteiger partial charge is 0.317 e. The Morgan fingerprint density at radius 1 is 1.36 bits per heavy atom. The number of nitroso groups, excluding NO2 is 1. The number of aromatic nitrogens is 2. The lowest BCUT2D eigenvalue weighted by Crippen LogP contribution is -1.94. The number of hydrogen-bond donors (Lipinski definition) is 1. The van der Waals surface area contributed by atoms with Crippen LogP contribution in [0.5, 0.6) is 0 Å². The molecule has 14 heavy (non-hydrogen) atoms. The van der Waals surface area contributed by atoms with Crippen molar-refractivity contribution in [2.45, 2.75) is 4.90 Å². The summed E-state index contributed by atoms with van der Waals surface area (Å²) in [6, 6.07) is 4.13. The van der Waals surface area contributed by atoms with Crippen LogP contribution in [0.15, 0.2) is 34.0 Å². The first-order valence-corrected chi connectivity index (χ1v) is 5.10. The Hall–Kier alpha value is -1.76. The molecule has 2 rings (SSSR count). The molecule has 6 nitrogen and oxygen atoms in total. The second-order valence-electron chi connectivity index (χ2n) is 2.63. The summed E-state index contributed by atoms with van der Waals surface area (Å²) in [6.45, 7) is 0. The van der Waals surface area contributed by atoms with E-state index in [0.717, 1.165) is 0 Å². The molecule has 0 aliphatic heterocycles. The van der Waals surface area contributed by atoms with Gasteiger partial charge >= 0.3 is 10.0 Å². The number of hydrogen-bond acceptors (Lipinski definition) is 4. The van der Waals surface area contributed by atoms with Crippen LogP contribution < -0.4 is 0 Å². The van der Waals surface area contributed by atoms with Crippen LogP contribution in [-0.2, 0) is 10.0 Å². The van der Waals surface area contributed by atoms with Crippen LogP contribution in [0.25, 0.3) is 11.0 Å². The molecule has 0 atom stereocenters. The maximum Gasteiger partial charge on any atom is 0.317 e. The van der Waals surface area contributed by atoms with Crippen molar-refractivity contribution in [3.63, 3.8) is 0 Å². The monoisotopic (exact) mass is 211 g/mol. The van der Waals surface area contributed by atoms with Crippen molar-refractivity contribution in [2.24, 2.45) is 4.58 Å². The van der Waals surface area contributed by atoms with Crippen molar-refractivity contribution in [1.29, 1.82) is 0 Å². The summed E-state index contributed by atoms with van der Waals surface area (Å²) >= 11 is 0. The number of benzene rings is 1. The Bertz CT molecular complexity index is 587. The molecule has 0 bridgehead atoms. The number of fused-ring (bicyclic) bond motifs is 1. The highest BCUT2D eigenvalue weighted by Gasteiger charge is 2.14. The molecule has 1 aromatic carbocycles. The van der Waals surface area contributed by atoms with E-state index in [0.29, 0.717) is 11.0 Å². The van der Waals surface area contributed by atoms with E-state index in [2.05, 4.69) is 14.6 Å². The third-order valence-electron chi connectivity index (χ3n) is 1.79. The zero-order valence-corrected chi connectivity index (χ0v) is 7.65. The van der Waals surface area contributed by atoms with Gasteiger partial charge in [0, 0.05) is 0 Å². The maximum absolute atomic E-state index is 11.0. The Morgan fingerprint density at radius 3 is 2.86 bits per heavy atom. The number of imidazole rings is 1.